The van der Waals surface area contributed by atoms with Crippen LogP contribution < -0.4 is 0 Å². The van der Waals surface area contributed by atoms with Crippen LogP contribution in [0, 0.1) is 11.3 Å². The van der Waals surface area contributed by atoms with E-state index in [0.29, 0.717) is 12.8 Å². The molecular weight excluding hydrogens is 174 g/mol. The van der Waals surface area contributed by atoms with Crippen LogP contribution in [0.4, 0.5) is 0 Å². The highest BCUT2D eigenvalue weighted by atomic mass is 16.1. The van der Waals surface area contributed by atoms with Crippen LogP contribution in [-0.2, 0) is 4.79 Å². The van der Waals surface area contributed by atoms with E-state index in [9.17, 15) is 4.79 Å². The average molecular weight is 191 g/mol. The standard InChI is InChI=1S/C12H17NO/c1-11(2)7-6-9-12(14)8-4-3-5-10-13/h6-7,9H,3-5,8H2,1-2H3/b9-6+. The zero-order valence-corrected chi connectivity index (χ0v) is 8.92. The summed E-state index contributed by atoms with van der Waals surface area (Å²) in [6.45, 7) is 3.98. The van der Waals surface area contributed by atoms with E-state index in [4.69, 9.17) is 5.26 Å². The number of nitrogens with zero attached hydrogens (tertiary/aromatic N) is 1. The minimum atomic E-state index is 0.139. The Bertz CT molecular complexity index is 265. The van der Waals surface area contributed by atoms with Crippen molar-refractivity contribution in [2.45, 2.75) is 39.5 Å². The van der Waals surface area contributed by atoms with Crippen LogP contribution in [0.1, 0.15) is 39.5 Å². The topological polar surface area (TPSA) is 40.9 Å². The summed E-state index contributed by atoms with van der Waals surface area (Å²) < 4.78 is 0. The number of carbonyl (C=O) groups is 1. The molecule has 14 heavy (non-hydrogen) atoms. The first-order valence-corrected chi connectivity index (χ1v) is 4.88. The van der Waals surface area contributed by atoms with E-state index in [1.165, 1.54) is 5.57 Å². The smallest absolute Gasteiger partial charge is 0.155 e. The number of carbonyl (C=O) groups excluding carboxylic acids is 1. The molecule has 0 fully saturated rings. The third-order valence-corrected chi connectivity index (χ3v) is 1.67. The maximum absolute atomic E-state index is 11.2. The highest BCUT2D eigenvalue weighted by Crippen LogP contribution is 2.00. The fourth-order valence-corrected chi connectivity index (χ4v) is 0.935. The third kappa shape index (κ3) is 8.73. The van der Waals surface area contributed by atoms with E-state index in [1.54, 1.807) is 12.2 Å². The van der Waals surface area contributed by atoms with Crippen LogP contribution in [0.2, 0.25) is 0 Å². The zero-order chi connectivity index (χ0) is 10.8. The van der Waals surface area contributed by atoms with Gasteiger partial charge < -0.3 is 0 Å². The number of hydrogen-bond donors (Lipinski definition) is 0. The molecule has 0 bridgehead atoms. The molecule has 0 aromatic heterocycles. The SMILES string of the molecule is CC(C)=C/C=C/C(=O)CCCCC#N. The highest BCUT2D eigenvalue weighted by Gasteiger charge is 1.95. The molecule has 0 aliphatic carbocycles. The Morgan fingerprint density at radius 1 is 1.36 bits per heavy atom. The van der Waals surface area contributed by atoms with Gasteiger partial charge in [0.25, 0.3) is 0 Å². The van der Waals surface area contributed by atoms with E-state index in [1.807, 2.05) is 19.9 Å². The maximum atomic E-state index is 11.2. The van der Waals surface area contributed by atoms with Crippen LogP contribution in [0.25, 0.3) is 0 Å². The molecule has 0 unspecified atom stereocenters. The summed E-state index contributed by atoms with van der Waals surface area (Å²) >= 11 is 0. The number of unbranched alkanes of at least 4 members (excludes halogenated alkanes) is 2. The molecule has 0 spiro atoms. The first kappa shape index (κ1) is 12.6. The lowest BCUT2D eigenvalue weighted by atomic mass is 10.1. The molecule has 0 aliphatic rings. The first-order chi connectivity index (χ1) is 6.66. The molecular formula is C12H17NO. The van der Waals surface area contributed by atoms with Gasteiger partial charge in [0.2, 0.25) is 0 Å². The Kier molecular flexibility index (Phi) is 7.45. The van der Waals surface area contributed by atoms with Gasteiger partial charge in [-0.1, -0.05) is 17.7 Å². The molecule has 0 saturated carbocycles. The molecule has 0 aromatic rings. The molecule has 0 saturated heterocycles. The van der Waals surface area contributed by atoms with Gasteiger partial charge >= 0.3 is 0 Å². The molecule has 2 heteroatoms. The number of nitriles is 1. The summed E-state index contributed by atoms with van der Waals surface area (Å²) in [5, 5.41) is 8.28. The summed E-state index contributed by atoms with van der Waals surface area (Å²) in [4.78, 5) is 11.2. The minimum Gasteiger partial charge on any atom is -0.295 e. The maximum Gasteiger partial charge on any atom is 0.155 e. The fourth-order valence-electron chi connectivity index (χ4n) is 0.935. The molecule has 2 nitrogen and oxygen atoms in total. The minimum absolute atomic E-state index is 0.139. The third-order valence-electron chi connectivity index (χ3n) is 1.67. The quantitative estimate of drug-likeness (QED) is 0.367. The van der Waals surface area contributed by atoms with Crippen LogP contribution in [0.5, 0.6) is 0 Å². The molecule has 76 valence electrons. The van der Waals surface area contributed by atoms with E-state index in [0.717, 1.165) is 12.8 Å². The van der Waals surface area contributed by atoms with Gasteiger partial charge in [0.1, 0.15) is 0 Å². The van der Waals surface area contributed by atoms with Gasteiger partial charge in [0.15, 0.2) is 5.78 Å². The van der Waals surface area contributed by atoms with Gasteiger partial charge in [-0.25, -0.2) is 0 Å². The van der Waals surface area contributed by atoms with Crippen molar-refractivity contribution < 1.29 is 4.79 Å². The molecule has 0 radical (unpaired) electrons. The van der Waals surface area contributed by atoms with Gasteiger partial charge in [-0.05, 0) is 32.8 Å². The molecule has 0 aliphatic heterocycles. The first-order valence-electron chi connectivity index (χ1n) is 4.88. The van der Waals surface area contributed by atoms with Crippen LogP contribution >= 0.6 is 0 Å². The van der Waals surface area contributed by atoms with Gasteiger partial charge in [0, 0.05) is 12.8 Å². The van der Waals surface area contributed by atoms with Crippen LogP contribution in [0.15, 0.2) is 23.8 Å². The van der Waals surface area contributed by atoms with Gasteiger partial charge in [-0.3, -0.25) is 4.79 Å². The molecule has 0 amide bonds. The summed E-state index contributed by atoms with van der Waals surface area (Å²) in [6.07, 6.45) is 8.01. The van der Waals surface area contributed by atoms with Gasteiger partial charge in [0.05, 0.1) is 6.07 Å². The highest BCUT2D eigenvalue weighted by molar-refractivity contribution is 5.89. The van der Waals surface area contributed by atoms with Crippen LogP contribution in [-0.4, -0.2) is 5.78 Å². The van der Waals surface area contributed by atoms with E-state index in [-0.39, 0.29) is 5.78 Å². The Morgan fingerprint density at radius 2 is 2.07 bits per heavy atom. The average Bonchev–Trinajstić information content (AvgIpc) is 2.12. The largest absolute Gasteiger partial charge is 0.295 e. The number of hydrogen-bond acceptors (Lipinski definition) is 2. The predicted molar refractivity (Wildman–Crippen MR) is 57.7 cm³/mol. The van der Waals surface area contributed by atoms with Crippen molar-refractivity contribution in [1.29, 1.82) is 5.26 Å². The van der Waals surface area contributed by atoms with Crippen molar-refractivity contribution in [3.63, 3.8) is 0 Å². The second kappa shape index (κ2) is 8.25. The van der Waals surface area contributed by atoms with Crippen molar-refractivity contribution in [3.8, 4) is 6.07 Å². The van der Waals surface area contributed by atoms with Crippen molar-refractivity contribution in [1.82, 2.24) is 0 Å². The van der Waals surface area contributed by atoms with Gasteiger partial charge in [-0.2, -0.15) is 5.26 Å². The summed E-state index contributed by atoms with van der Waals surface area (Å²) in [5.41, 5.74) is 1.18. The molecule has 0 aromatic carbocycles. The lowest BCUT2D eigenvalue weighted by Gasteiger charge is -1.92. The fraction of sp³-hybridized carbons (Fsp3) is 0.500. The normalized spacial score (nSPS) is 9.79. The Balaban J connectivity index is 3.61. The van der Waals surface area contributed by atoms with Crippen LogP contribution in [0.3, 0.4) is 0 Å². The molecule has 0 N–H and O–H groups in total. The molecule has 0 atom stereocenters. The van der Waals surface area contributed by atoms with Crippen molar-refractivity contribution >= 4 is 5.78 Å². The van der Waals surface area contributed by atoms with Crippen molar-refractivity contribution in [2.75, 3.05) is 0 Å². The lowest BCUT2D eigenvalue weighted by molar-refractivity contribution is -0.114. The van der Waals surface area contributed by atoms with E-state index in [2.05, 4.69) is 6.07 Å². The van der Waals surface area contributed by atoms with Crippen molar-refractivity contribution in [2.24, 2.45) is 0 Å². The number of allylic oxidation sites excluding steroid dienone is 4. The summed E-state index contributed by atoms with van der Waals surface area (Å²) in [6, 6.07) is 2.06. The Labute approximate surface area is 85.9 Å². The van der Waals surface area contributed by atoms with E-state index >= 15 is 0 Å². The molecule has 0 heterocycles. The predicted octanol–water partition coefficient (Wildman–Crippen LogP) is 3.16. The van der Waals surface area contributed by atoms with E-state index < -0.39 is 0 Å². The monoisotopic (exact) mass is 191 g/mol. The number of ketones is 1. The second-order valence-electron chi connectivity index (χ2n) is 3.43. The van der Waals surface area contributed by atoms with Crippen molar-refractivity contribution in [3.05, 3.63) is 23.8 Å². The summed E-state index contributed by atoms with van der Waals surface area (Å²) in [7, 11) is 0. The Hall–Kier alpha value is -1.36. The van der Waals surface area contributed by atoms with Gasteiger partial charge in [-0.15, -0.1) is 0 Å². The lowest BCUT2D eigenvalue weighted by Crippen LogP contribution is -1.91. The second-order valence-corrected chi connectivity index (χ2v) is 3.43. The Morgan fingerprint density at radius 3 is 2.64 bits per heavy atom. The molecule has 0 rings (SSSR count). The summed E-state index contributed by atoms with van der Waals surface area (Å²) in [5.74, 6) is 0.139. The number of rotatable bonds is 6. The zero-order valence-electron chi connectivity index (χ0n) is 8.92.